The minimum absolute atomic E-state index is 0.395. The van der Waals surface area contributed by atoms with Crippen molar-refractivity contribution in [2.24, 2.45) is 4.99 Å². The van der Waals surface area contributed by atoms with Gasteiger partial charge in [0, 0.05) is 12.1 Å². The topological polar surface area (TPSA) is 24.4 Å². The van der Waals surface area contributed by atoms with Gasteiger partial charge in [0.2, 0.25) is 0 Å². The third kappa shape index (κ3) is 5.60. The third-order valence-electron chi connectivity index (χ3n) is 0.949. The van der Waals surface area contributed by atoms with Gasteiger partial charge >= 0.3 is 0 Å². The number of hydrogen-bond acceptors (Lipinski definition) is 1. The molecule has 1 N–H and O–H groups in total. The Hall–Kier alpha value is -0.530. The normalized spacial score (nSPS) is 12.9. The van der Waals surface area contributed by atoms with Crippen LogP contribution in [0.1, 0.15) is 34.6 Å². The average molecular weight is 142 g/mol. The van der Waals surface area contributed by atoms with E-state index in [1.165, 1.54) is 0 Å². The second-order valence-electron chi connectivity index (χ2n) is 3.11. The molecule has 0 aromatic carbocycles. The van der Waals surface area contributed by atoms with Crippen LogP contribution < -0.4 is 5.32 Å². The van der Waals surface area contributed by atoms with Gasteiger partial charge in [0.1, 0.15) is 0 Å². The van der Waals surface area contributed by atoms with Crippen molar-refractivity contribution >= 4 is 5.84 Å². The molecule has 0 atom stereocenters. The van der Waals surface area contributed by atoms with Crippen LogP contribution in [0.2, 0.25) is 0 Å². The van der Waals surface area contributed by atoms with Crippen LogP contribution in [0, 0.1) is 0 Å². The van der Waals surface area contributed by atoms with Gasteiger partial charge in [-0.05, 0) is 34.6 Å². The Morgan fingerprint density at radius 2 is 1.70 bits per heavy atom. The van der Waals surface area contributed by atoms with E-state index in [4.69, 9.17) is 0 Å². The first-order valence-corrected chi connectivity index (χ1v) is 3.83. The molecule has 0 aliphatic heterocycles. The Morgan fingerprint density at radius 3 is 2.00 bits per heavy atom. The summed E-state index contributed by atoms with van der Waals surface area (Å²) in [5.74, 6) is 1.03. The molecule has 0 heterocycles. The Balaban J connectivity index is 3.71. The van der Waals surface area contributed by atoms with Gasteiger partial charge in [0.05, 0.1) is 5.84 Å². The van der Waals surface area contributed by atoms with Crippen LogP contribution >= 0.6 is 0 Å². The lowest BCUT2D eigenvalue weighted by molar-refractivity contribution is 0.716. The molecule has 2 nitrogen and oxygen atoms in total. The number of nitrogens with zero attached hydrogens (tertiary/aromatic N) is 1. The highest BCUT2D eigenvalue weighted by Crippen LogP contribution is 1.87. The molecule has 0 aromatic rings. The van der Waals surface area contributed by atoms with E-state index in [0.29, 0.717) is 12.1 Å². The minimum atomic E-state index is 0.395. The van der Waals surface area contributed by atoms with E-state index >= 15 is 0 Å². The van der Waals surface area contributed by atoms with E-state index in [1.807, 2.05) is 6.92 Å². The zero-order valence-electron chi connectivity index (χ0n) is 7.60. The fourth-order valence-electron chi connectivity index (χ4n) is 0.842. The quantitative estimate of drug-likeness (QED) is 0.461. The van der Waals surface area contributed by atoms with Crippen LogP contribution in [0.4, 0.5) is 0 Å². The van der Waals surface area contributed by atoms with Crippen molar-refractivity contribution in [2.75, 3.05) is 0 Å². The van der Waals surface area contributed by atoms with Crippen LogP contribution in [0.15, 0.2) is 4.99 Å². The van der Waals surface area contributed by atoms with E-state index in [9.17, 15) is 0 Å². The summed E-state index contributed by atoms with van der Waals surface area (Å²) in [5.41, 5.74) is 0. The lowest BCUT2D eigenvalue weighted by Crippen LogP contribution is -2.28. The molecular formula is C8H18N2. The zero-order chi connectivity index (χ0) is 8.15. The van der Waals surface area contributed by atoms with E-state index in [1.54, 1.807) is 0 Å². The second kappa shape index (κ2) is 4.31. The largest absolute Gasteiger partial charge is 0.372 e. The van der Waals surface area contributed by atoms with Gasteiger partial charge in [-0.25, -0.2) is 0 Å². The molecule has 0 aromatic heterocycles. The molecule has 60 valence electrons. The first-order valence-electron chi connectivity index (χ1n) is 3.83. The lowest BCUT2D eigenvalue weighted by atomic mass is 10.4. The van der Waals surface area contributed by atoms with Crippen molar-refractivity contribution in [1.82, 2.24) is 5.32 Å². The Kier molecular flexibility index (Phi) is 4.08. The molecule has 0 unspecified atom stereocenters. The highest BCUT2D eigenvalue weighted by atomic mass is 15.0. The molecule has 0 fully saturated rings. The van der Waals surface area contributed by atoms with Crippen molar-refractivity contribution in [1.29, 1.82) is 0 Å². The van der Waals surface area contributed by atoms with Crippen molar-refractivity contribution in [3.8, 4) is 0 Å². The number of nitrogens with one attached hydrogen (secondary N) is 1. The third-order valence-corrected chi connectivity index (χ3v) is 0.949. The zero-order valence-corrected chi connectivity index (χ0v) is 7.60. The Bertz CT molecular complexity index is 114. The van der Waals surface area contributed by atoms with Gasteiger partial charge in [-0.15, -0.1) is 0 Å². The fourth-order valence-corrected chi connectivity index (χ4v) is 0.842. The van der Waals surface area contributed by atoms with Gasteiger partial charge < -0.3 is 5.32 Å². The standard InChI is InChI=1S/C8H18N2/c1-6(2)9-8(5)10-7(3)4/h6-7H,1-5H3,(H,9,10). The molecule has 0 saturated carbocycles. The molecular weight excluding hydrogens is 124 g/mol. The molecule has 0 aliphatic carbocycles. The number of amidine groups is 1. The maximum Gasteiger partial charge on any atom is 0.0936 e. The molecule has 0 spiro atoms. The van der Waals surface area contributed by atoms with Crippen LogP contribution in [-0.2, 0) is 0 Å². The molecule has 0 amide bonds. The molecule has 10 heavy (non-hydrogen) atoms. The SMILES string of the molecule is C/C(=N/C(C)C)NC(C)C. The first kappa shape index (κ1) is 9.47. The number of rotatable bonds is 2. The summed E-state index contributed by atoms with van der Waals surface area (Å²) >= 11 is 0. The summed E-state index contributed by atoms with van der Waals surface area (Å²) < 4.78 is 0. The lowest BCUT2D eigenvalue weighted by Gasteiger charge is -2.09. The minimum Gasteiger partial charge on any atom is -0.372 e. The monoisotopic (exact) mass is 142 g/mol. The molecule has 0 rings (SSSR count). The van der Waals surface area contributed by atoms with Crippen LogP contribution in [0.3, 0.4) is 0 Å². The summed E-state index contributed by atoms with van der Waals surface area (Å²) in [5, 5.41) is 3.22. The maximum atomic E-state index is 4.32. The molecule has 0 bridgehead atoms. The predicted octanol–water partition coefficient (Wildman–Crippen LogP) is 1.81. The van der Waals surface area contributed by atoms with E-state index in [-0.39, 0.29) is 0 Å². The van der Waals surface area contributed by atoms with Crippen molar-refractivity contribution in [2.45, 2.75) is 46.7 Å². The van der Waals surface area contributed by atoms with E-state index in [0.717, 1.165) is 5.84 Å². The van der Waals surface area contributed by atoms with Crippen molar-refractivity contribution in [3.05, 3.63) is 0 Å². The van der Waals surface area contributed by atoms with Gasteiger partial charge in [0.15, 0.2) is 0 Å². The van der Waals surface area contributed by atoms with E-state index < -0.39 is 0 Å². The van der Waals surface area contributed by atoms with Crippen LogP contribution in [-0.4, -0.2) is 17.9 Å². The summed E-state index contributed by atoms with van der Waals surface area (Å²) in [7, 11) is 0. The maximum absolute atomic E-state index is 4.32. The average Bonchev–Trinajstić information content (AvgIpc) is 1.58. The molecule has 0 saturated heterocycles. The van der Waals surface area contributed by atoms with Crippen LogP contribution in [0.25, 0.3) is 0 Å². The van der Waals surface area contributed by atoms with Crippen LogP contribution in [0.5, 0.6) is 0 Å². The highest BCUT2D eigenvalue weighted by molar-refractivity contribution is 5.79. The smallest absolute Gasteiger partial charge is 0.0936 e. The first-order chi connectivity index (χ1) is 4.52. The van der Waals surface area contributed by atoms with E-state index in [2.05, 4.69) is 38.0 Å². The second-order valence-corrected chi connectivity index (χ2v) is 3.11. The van der Waals surface area contributed by atoms with Gasteiger partial charge in [0.25, 0.3) is 0 Å². The molecule has 0 radical (unpaired) electrons. The summed E-state index contributed by atoms with van der Waals surface area (Å²) in [4.78, 5) is 4.32. The molecule has 2 heteroatoms. The van der Waals surface area contributed by atoms with Crippen molar-refractivity contribution in [3.63, 3.8) is 0 Å². The fraction of sp³-hybridized carbons (Fsp3) is 0.875. The predicted molar refractivity (Wildman–Crippen MR) is 46.5 cm³/mol. The number of aliphatic imine (C=N–C) groups is 1. The van der Waals surface area contributed by atoms with Crippen molar-refractivity contribution < 1.29 is 0 Å². The molecule has 0 aliphatic rings. The Labute approximate surface area is 63.7 Å². The van der Waals surface area contributed by atoms with Gasteiger partial charge in [-0.2, -0.15) is 0 Å². The summed E-state index contributed by atoms with van der Waals surface area (Å²) in [6.07, 6.45) is 0. The number of hydrogen-bond donors (Lipinski definition) is 1. The van der Waals surface area contributed by atoms with Gasteiger partial charge in [-0.3, -0.25) is 4.99 Å². The highest BCUT2D eigenvalue weighted by Gasteiger charge is 1.94. The Morgan fingerprint density at radius 1 is 1.20 bits per heavy atom. The van der Waals surface area contributed by atoms with Gasteiger partial charge in [-0.1, -0.05) is 0 Å². The summed E-state index contributed by atoms with van der Waals surface area (Å²) in [6.45, 7) is 10.4. The summed E-state index contributed by atoms with van der Waals surface area (Å²) in [6, 6.07) is 0.883.